The monoisotopic (exact) mass is 292 g/mol. The number of nitrogens with one attached hydrogen (secondary N) is 1. The van der Waals surface area contributed by atoms with Gasteiger partial charge < -0.3 is 4.74 Å². The van der Waals surface area contributed by atoms with Crippen LogP contribution in [0.25, 0.3) is 0 Å². The Morgan fingerprint density at radius 3 is 2.62 bits per heavy atom. The number of unbranched alkanes of at least 4 members (excludes halogenated alkanes) is 3. The third-order valence-corrected chi connectivity index (χ3v) is 3.62. The molecular weight excluding hydrogens is 264 g/mol. The molecule has 1 rings (SSSR count). The number of nitrogens with two attached hydrogens (primary N) is 1. The van der Waals surface area contributed by atoms with Crippen molar-refractivity contribution in [1.29, 1.82) is 0 Å². The zero-order valence-corrected chi connectivity index (χ0v) is 13.2. The van der Waals surface area contributed by atoms with Crippen molar-refractivity contribution < 1.29 is 9.53 Å². The predicted molar refractivity (Wildman–Crippen MR) is 85.5 cm³/mol. The van der Waals surface area contributed by atoms with Crippen LogP contribution in [0.15, 0.2) is 24.3 Å². The fourth-order valence-electron chi connectivity index (χ4n) is 2.27. The van der Waals surface area contributed by atoms with Crippen LogP contribution in [-0.4, -0.2) is 12.0 Å². The van der Waals surface area contributed by atoms with E-state index >= 15 is 0 Å². The van der Waals surface area contributed by atoms with Crippen LogP contribution in [0.1, 0.15) is 57.1 Å². The highest BCUT2D eigenvalue weighted by molar-refractivity contribution is 5.78. The molecule has 0 saturated heterocycles. The summed E-state index contributed by atoms with van der Waals surface area (Å²) in [7, 11) is 0. The van der Waals surface area contributed by atoms with Crippen LogP contribution in [0.5, 0.6) is 0 Å². The molecule has 118 valence electrons. The summed E-state index contributed by atoms with van der Waals surface area (Å²) >= 11 is 0. The topological polar surface area (TPSA) is 64.3 Å². The Kier molecular flexibility index (Phi) is 8.71. The summed E-state index contributed by atoms with van der Waals surface area (Å²) in [4.78, 5) is 11.4. The second-order valence-corrected chi connectivity index (χ2v) is 5.48. The van der Waals surface area contributed by atoms with Gasteiger partial charge in [0.2, 0.25) is 5.91 Å². The fourth-order valence-corrected chi connectivity index (χ4v) is 2.27. The molecule has 1 unspecified atom stereocenters. The molecule has 3 N–H and O–H groups in total. The van der Waals surface area contributed by atoms with Gasteiger partial charge in [0.15, 0.2) is 0 Å². The van der Waals surface area contributed by atoms with Crippen molar-refractivity contribution in [3.63, 3.8) is 0 Å². The molecule has 0 aliphatic carbocycles. The zero-order chi connectivity index (χ0) is 15.5. The van der Waals surface area contributed by atoms with E-state index in [2.05, 4.69) is 19.3 Å². The number of hydrogen-bond acceptors (Lipinski definition) is 3. The van der Waals surface area contributed by atoms with E-state index in [0.29, 0.717) is 13.0 Å². The summed E-state index contributed by atoms with van der Waals surface area (Å²) in [5.74, 6) is 4.96. The van der Waals surface area contributed by atoms with Gasteiger partial charge in [-0.1, -0.05) is 56.9 Å². The molecular formula is C17H28N2O2. The Morgan fingerprint density at radius 1 is 1.24 bits per heavy atom. The van der Waals surface area contributed by atoms with Crippen LogP contribution in [0.2, 0.25) is 0 Å². The van der Waals surface area contributed by atoms with E-state index in [9.17, 15) is 4.79 Å². The Morgan fingerprint density at radius 2 is 1.95 bits per heavy atom. The van der Waals surface area contributed by atoms with Crippen molar-refractivity contribution in [3.8, 4) is 0 Å². The van der Waals surface area contributed by atoms with Crippen molar-refractivity contribution in [1.82, 2.24) is 5.43 Å². The van der Waals surface area contributed by atoms with E-state index in [1.54, 1.807) is 0 Å². The summed E-state index contributed by atoms with van der Waals surface area (Å²) in [6.07, 6.45) is 6.67. The number of carbonyl (C=O) groups is 1. The number of hydrazine groups is 1. The van der Waals surface area contributed by atoms with Crippen LogP contribution >= 0.6 is 0 Å². The van der Waals surface area contributed by atoms with Gasteiger partial charge in [0.05, 0.1) is 19.1 Å². The number of carbonyl (C=O) groups excluding carboxylic acids is 1. The molecule has 1 aromatic rings. The Hall–Kier alpha value is -1.39. The largest absolute Gasteiger partial charge is 0.374 e. The van der Waals surface area contributed by atoms with Crippen molar-refractivity contribution >= 4 is 5.91 Å². The molecule has 0 radical (unpaired) electrons. The molecule has 1 atom stereocenters. The molecule has 0 spiro atoms. The molecule has 1 amide bonds. The van der Waals surface area contributed by atoms with Crippen molar-refractivity contribution in [2.75, 3.05) is 0 Å². The van der Waals surface area contributed by atoms with Gasteiger partial charge in [-0.25, -0.2) is 5.84 Å². The molecule has 0 fully saturated rings. The van der Waals surface area contributed by atoms with Crippen LogP contribution in [0.4, 0.5) is 0 Å². The van der Waals surface area contributed by atoms with E-state index in [-0.39, 0.29) is 12.0 Å². The molecule has 0 aromatic heterocycles. The predicted octanol–water partition coefficient (Wildman–Crippen LogP) is 3.09. The number of hydrogen-bond donors (Lipinski definition) is 2. The SMILES string of the molecule is CCCCCCC(C)OCc1ccccc1CC(=O)NN. The summed E-state index contributed by atoms with van der Waals surface area (Å²) in [6, 6.07) is 7.84. The van der Waals surface area contributed by atoms with Crippen LogP contribution < -0.4 is 11.3 Å². The van der Waals surface area contributed by atoms with Crippen molar-refractivity contribution in [2.24, 2.45) is 5.84 Å². The molecule has 0 aliphatic heterocycles. The number of ether oxygens (including phenoxy) is 1. The van der Waals surface area contributed by atoms with E-state index in [4.69, 9.17) is 10.6 Å². The Balaban J connectivity index is 2.42. The summed E-state index contributed by atoms with van der Waals surface area (Å²) < 4.78 is 5.90. The van der Waals surface area contributed by atoms with Crippen LogP contribution in [0.3, 0.4) is 0 Å². The molecule has 1 aromatic carbocycles. The number of benzene rings is 1. The number of rotatable bonds is 10. The first-order chi connectivity index (χ1) is 10.2. The molecule has 4 heteroatoms. The van der Waals surface area contributed by atoms with E-state index < -0.39 is 0 Å². The summed E-state index contributed by atoms with van der Waals surface area (Å²) in [5.41, 5.74) is 4.19. The molecule has 0 aliphatic rings. The second kappa shape index (κ2) is 10.4. The van der Waals surface area contributed by atoms with Gasteiger partial charge in [0, 0.05) is 0 Å². The first kappa shape index (κ1) is 17.7. The highest BCUT2D eigenvalue weighted by Crippen LogP contribution is 2.14. The summed E-state index contributed by atoms with van der Waals surface area (Å²) in [5, 5.41) is 0. The minimum Gasteiger partial charge on any atom is -0.374 e. The van der Waals surface area contributed by atoms with Gasteiger partial charge in [-0.2, -0.15) is 0 Å². The quantitative estimate of drug-likeness (QED) is 0.301. The Bertz CT molecular complexity index is 421. The lowest BCUT2D eigenvalue weighted by Crippen LogP contribution is -2.31. The van der Waals surface area contributed by atoms with E-state index in [1.807, 2.05) is 24.3 Å². The van der Waals surface area contributed by atoms with Gasteiger partial charge in [-0.15, -0.1) is 0 Å². The summed E-state index contributed by atoms with van der Waals surface area (Å²) in [6.45, 7) is 4.87. The van der Waals surface area contributed by atoms with E-state index in [0.717, 1.165) is 17.5 Å². The maximum absolute atomic E-state index is 11.4. The molecule has 0 heterocycles. The number of amides is 1. The smallest absolute Gasteiger partial charge is 0.238 e. The third kappa shape index (κ3) is 7.25. The highest BCUT2D eigenvalue weighted by atomic mass is 16.5. The second-order valence-electron chi connectivity index (χ2n) is 5.48. The van der Waals surface area contributed by atoms with E-state index in [1.165, 1.54) is 25.7 Å². The molecule has 21 heavy (non-hydrogen) atoms. The Labute approximate surface area is 128 Å². The average molecular weight is 292 g/mol. The van der Waals surface area contributed by atoms with Crippen molar-refractivity contribution in [2.45, 2.75) is 65.1 Å². The van der Waals surface area contributed by atoms with Gasteiger partial charge in [-0.05, 0) is 24.5 Å². The van der Waals surface area contributed by atoms with Gasteiger partial charge in [0.25, 0.3) is 0 Å². The first-order valence-corrected chi connectivity index (χ1v) is 7.85. The third-order valence-electron chi connectivity index (χ3n) is 3.62. The standard InChI is InChI=1S/C17H28N2O2/c1-3-4-5-6-9-14(2)21-13-16-11-8-7-10-15(16)12-17(20)19-18/h7-8,10-11,14H,3-6,9,12-13,18H2,1-2H3,(H,19,20). The molecule has 0 bridgehead atoms. The minimum atomic E-state index is -0.185. The molecule has 0 saturated carbocycles. The lowest BCUT2D eigenvalue weighted by molar-refractivity contribution is -0.120. The lowest BCUT2D eigenvalue weighted by atomic mass is 10.0. The minimum absolute atomic E-state index is 0.185. The maximum atomic E-state index is 11.4. The average Bonchev–Trinajstić information content (AvgIpc) is 2.50. The fraction of sp³-hybridized carbons (Fsp3) is 0.588. The van der Waals surface area contributed by atoms with Crippen LogP contribution in [0, 0.1) is 0 Å². The van der Waals surface area contributed by atoms with Gasteiger partial charge in [-0.3, -0.25) is 10.2 Å². The van der Waals surface area contributed by atoms with Gasteiger partial charge >= 0.3 is 0 Å². The van der Waals surface area contributed by atoms with Gasteiger partial charge in [0.1, 0.15) is 0 Å². The zero-order valence-electron chi connectivity index (χ0n) is 13.2. The lowest BCUT2D eigenvalue weighted by Gasteiger charge is -2.15. The highest BCUT2D eigenvalue weighted by Gasteiger charge is 2.08. The normalized spacial score (nSPS) is 12.1. The molecule has 4 nitrogen and oxygen atoms in total. The van der Waals surface area contributed by atoms with Crippen LogP contribution in [-0.2, 0) is 22.6 Å². The maximum Gasteiger partial charge on any atom is 0.238 e. The first-order valence-electron chi connectivity index (χ1n) is 7.85. The van der Waals surface area contributed by atoms with Crippen molar-refractivity contribution in [3.05, 3.63) is 35.4 Å².